The maximum atomic E-state index is 14.4. The SMILES string of the molecule is Cc1ccc(CC2CONC(c3c(Oc4cccc(Cl)c4F)cnn(C)c3=O)=N2)cc1C. The summed E-state index contributed by atoms with van der Waals surface area (Å²) < 4.78 is 21.2. The van der Waals surface area contributed by atoms with Gasteiger partial charge in [0.15, 0.2) is 23.2 Å². The molecule has 4 rings (SSSR count). The smallest absolute Gasteiger partial charge is 0.281 e. The van der Waals surface area contributed by atoms with Gasteiger partial charge in [-0.15, -0.1) is 0 Å². The van der Waals surface area contributed by atoms with Crippen LogP contribution in [0.1, 0.15) is 22.3 Å². The molecule has 166 valence electrons. The Labute approximate surface area is 189 Å². The summed E-state index contributed by atoms with van der Waals surface area (Å²) in [5.41, 5.74) is 5.86. The number of nitrogens with one attached hydrogen (secondary N) is 1. The summed E-state index contributed by atoms with van der Waals surface area (Å²) in [5, 5.41) is 3.90. The number of amidine groups is 1. The number of hydrogen-bond donors (Lipinski definition) is 1. The average Bonchev–Trinajstić information content (AvgIpc) is 2.77. The molecule has 0 bridgehead atoms. The topological polar surface area (TPSA) is 77.7 Å². The van der Waals surface area contributed by atoms with E-state index in [2.05, 4.69) is 47.6 Å². The minimum Gasteiger partial charge on any atom is -0.452 e. The van der Waals surface area contributed by atoms with Crippen molar-refractivity contribution >= 4 is 17.4 Å². The minimum absolute atomic E-state index is 0.0379. The monoisotopic (exact) mass is 456 g/mol. The van der Waals surface area contributed by atoms with Crippen LogP contribution in [-0.2, 0) is 18.3 Å². The summed E-state index contributed by atoms with van der Waals surface area (Å²) in [4.78, 5) is 23.1. The highest BCUT2D eigenvalue weighted by atomic mass is 35.5. The third kappa shape index (κ3) is 4.51. The molecule has 3 aromatic rings. The highest BCUT2D eigenvalue weighted by molar-refractivity contribution is 6.30. The number of hydrogen-bond acceptors (Lipinski definition) is 6. The van der Waals surface area contributed by atoms with E-state index in [1.165, 1.54) is 36.5 Å². The Kier molecular flexibility index (Phi) is 6.25. The molecule has 9 heteroatoms. The van der Waals surface area contributed by atoms with Crippen molar-refractivity contribution in [2.24, 2.45) is 12.0 Å². The molecule has 32 heavy (non-hydrogen) atoms. The zero-order valence-corrected chi connectivity index (χ0v) is 18.6. The van der Waals surface area contributed by atoms with E-state index in [0.717, 1.165) is 10.2 Å². The third-order valence-electron chi connectivity index (χ3n) is 5.27. The van der Waals surface area contributed by atoms with E-state index in [1.807, 2.05) is 0 Å². The Morgan fingerprint density at radius 3 is 2.84 bits per heavy atom. The molecule has 1 aliphatic heterocycles. The number of aryl methyl sites for hydroxylation is 3. The van der Waals surface area contributed by atoms with Crippen LogP contribution in [0.3, 0.4) is 0 Å². The van der Waals surface area contributed by atoms with Gasteiger partial charge in [0.05, 0.1) is 23.9 Å². The molecule has 1 unspecified atom stereocenters. The predicted octanol–water partition coefficient (Wildman–Crippen LogP) is 3.87. The molecule has 1 aliphatic rings. The molecule has 0 amide bonds. The fourth-order valence-electron chi connectivity index (χ4n) is 3.38. The van der Waals surface area contributed by atoms with E-state index >= 15 is 0 Å². The average molecular weight is 457 g/mol. The van der Waals surface area contributed by atoms with Gasteiger partial charge in [-0.25, -0.2) is 14.6 Å². The van der Waals surface area contributed by atoms with Crippen molar-refractivity contribution in [3.05, 3.63) is 86.0 Å². The third-order valence-corrected chi connectivity index (χ3v) is 5.57. The lowest BCUT2D eigenvalue weighted by Gasteiger charge is -2.23. The summed E-state index contributed by atoms with van der Waals surface area (Å²) in [5.74, 6) is -0.623. The highest BCUT2D eigenvalue weighted by Gasteiger charge is 2.25. The molecule has 0 radical (unpaired) electrons. The van der Waals surface area contributed by atoms with Crippen LogP contribution in [0, 0.1) is 19.7 Å². The van der Waals surface area contributed by atoms with Crippen LogP contribution < -0.4 is 15.8 Å². The van der Waals surface area contributed by atoms with Crippen LogP contribution in [0.15, 0.2) is 52.4 Å². The summed E-state index contributed by atoms with van der Waals surface area (Å²) >= 11 is 5.85. The van der Waals surface area contributed by atoms with Crippen LogP contribution in [0.4, 0.5) is 4.39 Å². The zero-order valence-electron chi connectivity index (χ0n) is 17.9. The number of halogens is 2. The molecule has 0 saturated carbocycles. The lowest BCUT2D eigenvalue weighted by Crippen LogP contribution is -2.40. The van der Waals surface area contributed by atoms with Gasteiger partial charge in [-0.05, 0) is 49.1 Å². The number of aliphatic imine (C=N–C) groups is 1. The normalized spacial score (nSPS) is 15.8. The van der Waals surface area contributed by atoms with Crippen molar-refractivity contribution in [1.82, 2.24) is 15.3 Å². The first kappa shape index (κ1) is 22.0. The lowest BCUT2D eigenvalue weighted by molar-refractivity contribution is 0.0622. The van der Waals surface area contributed by atoms with E-state index in [9.17, 15) is 9.18 Å². The van der Waals surface area contributed by atoms with E-state index in [0.29, 0.717) is 13.0 Å². The van der Waals surface area contributed by atoms with Gasteiger partial charge in [0, 0.05) is 7.05 Å². The fourth-order valence-corrected chi connectivity index (χ4v) is 3.54. The van der Waals surface area contributed by atoms with Gasteiger partial charge >= 0.3 is 0 Å². The van der Waals surface area contributed by atoms with Crippen LogP contribution in [0.5, 0.6) is 11.5 Å². The molecule has 1 aromatic heterocycles. The summed E-state index contributed by atoms with van der Waals surface area (Å²) in [6.07, 6.45) is 1.96. The second kappa shape index (κ2) is 9.10. The number of hydroxylamine groups is 1. The van der Waals surface area contributed by atoms with Gasteiger partial charge in [0.2, 0.25) is 0 Å². The van der Waals surface area contributed by atoms with Crippen LogP contribution in [0.25, 0.3) is 0 Å². The van der Waals surface area contributed by atoms with Crippen molar-refractivity contribution in [3.8, 4) is 11.5 Å². The van der Waals surface area contributed by atoms with Crippen LogP contribution >= 0.6 is 11.6 Å². The number of benzene rings is 2. The number of ether oxygens (including phenoxy) is 1. The first-order valence-electron chi connectivity index (χ1n) is 10.0. The van der Waals surface area contributed by atoms with Crippen molar-refractivity contribution in [2.45, 2.75) is 26.3 Å². The second-order valence-corrected chi connectivity index (χ2v) is 8.04. The maximum absolute atomic E-state index is 14.4. The molecular formula is C23H22ClFN4O3. The molecule has 0 saturated heterocycles. The number of rotatable bonds is 5. The molecule has 0 fully saturated rings. The summed E-state index contributed by atoms with van der Waals surface area (Å²) in [6.45, 7) is 4.46. The van der Waals surface area contributed by atoms with Crippen molar-refractivity contribution in [1.29, 1.82) is 0 Å². The zero-order chi connectivity index (χ0) is 22.8. The van der Waals surface area contributed by atoms with Gasteiger partial charge in [0.1, 0.15) is 5.56 Å². The van der Waals surface area contributed by atoms with Gasteiger partial charge in [-0.1, -0.05) is 35.9 Å². The van der Waals surface area contributed by atoms with E-state index < -0.39 is 11.4 Å². The van der Waals surface area contributed by atoms with Crippen LogP contribution in [-0.4, -0.2) is 28.3 Å². The largest absolute Gasteiger partial charge is 0.452 e. The quantitative estimate of drug-likeness (QED) is 0.630. The summed E-state index contributed by atoms with van der Waals surface area (Å²) in [6, 6.07) is 10.4. The molecule has 1 N–H and O–H groups in total. The van der Waals surface area contributed by atoms with E-state index in [4.69, 9.17) is 21.2 Å². The Bertz CT molecular complexity index is 1260. The fraction of sp³-hybridized carbons (Fsp3) is 0.261. The Hall–Kier alpha value is -3.23. The first-order valence-corrected chi connectivity index (χ1v) is 10.4. The van der Waals surface area contributed by atoms with Gasteiger partial charge in [0.25, 0.3) is 5.56 Å². The molecular weight excluding hydrogens is 435 g/mol. The Morgan fingerprint density at radius 1 is 1.25 bits per heavy atom. The van der Waals surface area contributed by atoms with E-state index in [-0.39, 0.29) is 34.0 Å². The number of nitrogens with zero attached hydrogens (tertiary/aromatic N) is 3. The predicted molar refractivity (Wildman–Crippen MR) is 120 cm³/mol. The second-order valence-electron chi connectivity index (χ2n) is 7.63. The molecule has 0 aliphatic carbocycles. The van der Waals surface area contributed by atoms with Gasteiger partial charge < -0.3 is 4.74 Å². The van der Waals surface area contributed by atoms with Crippen molar-refractivity contribution in [3.63, 3.8) is 0 Å². The minimum atomic E-state index is -0.733. The van der Waals surface area contributed by atoms with E-state index in [1.54, 1.807) is 6.07 Å². The molecule has 7 nitrogen and oxygen atoms in total. The number of aromatic nitrogens is 2. The summed E-state index contributed by atoms with van der Waals surface area (Å²) in [7, 11) is 1.51. The molecule has 1 atom stereocenters. The van der Waals surface area contributed by atoms with Gasteiger partial charge in [-0.3, -0.25) is 14.6 Å². The highest BCUT2D eigenvalue weighted by Crippen LogP contribution is 2.30. The first-order chi connectivity index (χ1) is 15.3. The molecule has 2 heterocycles. The molecule has 2 aromatic carbocycles. The Balaban J connectivity index is 1.69. The maximum Gasteiger partial charge on any atom is 0.281 e. The van der Waals surface area contributed by atoms with Gasteiger partial charge in [-0.2, -0.15) is 5.10 Å². The standard InChI is InChI=1S/C23H22ClFN4O3/c1-13-7-8-15(9-14(13)2)10-16-12-31-28-22(27-16)20-19(11-26-29(3)23(20)30)32-18-6-4-5-17(24)21(18)25/h4-9,11,16H,10,12H2,1-3H3,(H,27,28). The lowest BCUT2D eigenvalue weighted by atomic mass is 10.0. The van der Waals surface area contributed by atoms with Crippen molar-refractivity contribution < 1.29 is 14.0 Å². The van der Waals surface area contributed by atoms with Crippen LogP contribution in [0.2, 0.25) is 5.02 Å². The Morgan fingerprint density at radius 2 is 2.06 bits per heavy atom. The molecule has 0 spiro atoms. The van der Waals surface area contributed by atoms with Crippen molar-refractivity contribution in [2.75, 3.05) is 6.61 Å².